The van der Waals surface area contributed by atoms with E-state index in [-0.39, 0.29) is 0 Å². The van der Waals surface area contributed by atoms with Crippen LogP contribution in [0.15, 0.2) is 0 Å². The molecule has 2 nitrogen and oxygen atoms in total. The third kappa shape index (κ3) is 7.38. The fourth-order valence-corrected chi connectivity index (χ4v) is 2.83. The smallest absolute Gasteiger partial charge is 0.00341 e. The molecule has 1 aliphatic heterocycles. The molecule has 0 spiro atoms. The van der Waals surface area contributed by atoms with Crippen LogP contribution in [0.5, 0.6) is 0 Å². The Hall–Kier alpha value is -0.0800. The minimum atomic E-state index is 0.799. The van der Waals surface area contributed by atoms with Crippen LogP contribution in [0, 0.1) is 5.92 Å². The highest BCUT2D eigenvalue weighted by Gasteiger charge is 2.23. The summed E-state index contributed by atoms with van der Waals surface area (Å²) >= 11 is 0. The number of likely N-dealkylation sites (tertiary alicyclic amines) is 1. The fraction of sp³-hybridized carbons (Fsp3) is 1.00. The Labute approximate surface area is 114 Å². The molecule has 1 saturated heterocycles. The standard InChI is InChI=1S/C16H34N2/c1-2-3-4-5-6-7-8-9-10-11-12-18-14-16(13-17)15-18/h16H,2-15,17H2,1H3. The molecule has 2 heteroatoms. The second kappa shape index (κ2) is 10.8. The maximum atomic E-state index is 5.62. The molecule has 0 aliphatic carbocycles. The van der Waals surface area contributed by atoms with Crippen LogP contribution in [0.3, 0.4) is 0 Å². The Morgan fingerprint density at radius 1 is 0.833 bits per heavy atom. The van der Waals surface area contributed by atoms with E-state index in [0.29, 0.717) is 0 Å². The van der Waals surface area contributed by atoms with Crippen molar-refractivity contribution in [1.29, 1.82) is 0 Å². The molecule has 0 aromatic heterocycles. The Bertz CT molecular complexity index is 176. The molecule has 1 aliphatic rings. The third-order valence-electron chi connectivity index (χ3n) is 4.19. The van der Waals surface area contributed by atoms with E-state index >= 15 is 0 Å². The molecule has 18 heavy (non-hydrogen) atoms. The molecule has 0 atom stereocenters. The van der Waals surface area contributed by atoms with Gasteiger partial charge < -0.3 is 10.6 Å². The van der Waals surface area contributed by atoms with Crippen molar-refractivity contribution in [3.8, 4) is 0 Å². The molecule has 1 heterocycles. The van der Waals surface area contributed by atoms with E-state index in [1.54, 1.807) is 0 Å². The molecule has 0 saturated carbocycles. The number of unbranched alkanes of at least 4 members (excludes halogenated alkanes) is 9. The number of rotatable bonds is 12. The summed E-state index contributed by atoms with van der Waals surface area (Å²) in [5, 5.41) is 0. The Kier molecular flexibility index (Phi) is 9.59. The van der Waals surface area contributed by atoms with Gasteiger partial charge in [-0.2, -0.15) is 0 Å². The normalized spacial score (nSPS) is 17.0. The number of hydrogen-bond donors (Lipinski definition) is 1. The lowest BCUT2D eigenvalue weighted by molar-refractivity contribution is 0.104. The van der Waals surface area contributed by atoms with Crippen LogP contribution < -0.4 is 5.73 Å². The molecule has 0 bridgehead atoms. The third-order valence-corrected chi connectivity index (χ3v) is 4.19. The molecule has 2 N–H and O–H groups in total. The van der Waals surface area contributed by atoms with Crippen LogP contribution in [0.2, 0.25) is 0 Å². The van der Waals surface area contributed by atoms with E-state index in [9.17, 15) is 0 Å². The van der Waals surface area contributed by atoms with Crippen molar-refractivity contribution < 1.29 is 0 Å². The lowest BCUT2D eigenvalue weighted by Gasteiger charge is -2.38. The highest BCUT2D eigenvalue weighted by atomic mass is 15.2. The van der Waals surface area contributed by atoms with Crippen molar-refractivity contribution in [2.45, 2.75) is 71.1 Å². The van der Waals surface area contributed by atoms with Crippen LogP contribution in [0.1, 0.15) is 71.1 Å². The molecular weight excluding hydrogens is 220 g/mol. The summed E-state index contributed by atoms with van der Waals surface area (Å²) in [5.41, 5.74) is 5.62. The van der Waals surface area contributed by atoms with E-state index in [1.165, 1.54) is 83.8 Å². The van der Waals surface area contributed by atoms with Crippen LogP contribution in [0.25, 0.3) is 0 Å². The monoisotopic (exact) mass is 254 g/mol. The van der Waals surface area contributed by atoms with Crippen molar-refractivity contribution in [3.05, 3.63) is 0 Å². The summed E-state index contributed by atoms with van der Waals surface area (Å²) in [4.78, 5) is 2.56. The van der Waals surface area contributed by atoms with Gasteiger partial charge in [-0.05, 0) is 25.4 Å². The number of nitrogens with two attached hydrogens (primary N) is 1. The summed E-state index contributed by atoms with van der Waals surface area (Å²) in [7, 11) is 0. The SMILES string of the molecule is CCCCCCCCCCCCN1CC(CN)C1. The van der Waals surface area contributed by atoms with Gasteiger partial charge in [0.05, 0.1) is 0 Å². The highest BCUT2D eigenvalue weighted by molar-refractivity contribution is 4.79. The molecule has 0 aromatic carbocycles. The van der Waals surface area contributed by atoms with Crippen LogP contribution in [-0.2, 0) is 0 Å². The van der Waals surface area contributed by atoms with Gasteiger partial charge in [0, 0.05) is 13.1 Å². The summed E-state index contributed by atoms with van der Waals surface area (Å²) < 4.78 is 0. The first-order chi connectivity index (χ1) is 8.86. The van der Waals surface area contributed by atoms with Gasteiger partial charge in [-0.15, -0.1) is 0 Å². The Morgan fingerprint density at radius 3 is 1.83 bits per heavy atom. The van der Waals surface area contributed by atoms with Gasteiger partial charge in [-0.3, -0.25) is 0 Å². The van der Waals surface area contributed by atoms with E-state index in [2.05, 4.69) is 11.8 Å². The van der Waals surface area contributed by atoms with E-state index in [4.69, 9.17) is 5.73 Å². The summed E-state index contributed by atoms with van der Waals surface area (Å²) in [6.07, 6.45) is 14.4. The van der Waals surface area contributed by atoms with Crippen LogP contribution in [0.4, 0.5) is 0 Å². The average Bonchev–Trinajstić information content (AvgIpc) is 2.33. The van der Waals surface area contributed by atoms with Crippen molar-refractivity contribution >= 4 is 0 Å². The van der Waals surface area contributed by atoms with Gasteiger partial charge in [0.1, 0.15) is 0 Å². The zero-order chi connectivity index (χ0) is 13.1. The summed E-state index contributed by atoms with van der Waals surface area (Å²) in [6, 6.07) is 0. The molecule has 1 rings (SSSR count). The van der Waals surface area contributed by atoms with Crippen LogP contribution >= 0.6 is 0 Å². The first-order valence-electron chi connectivity index (χ1n) is 8.29. The lowest BCUT2D eigenvalue weighted by atomic mass is 10.00. The number of hydrogen-bond acceptors (Lipinski definition) is 2. The summed E-state index contributed by atoms with van der Waals surface area (Å²) in [5.74, 6) is 0.799. The first-order valence-corrected chi connectivity index (χ1v) is 8.29. The summed E-state index contributed by atoms with van der Waals surface area (Å²) in [6.45, 7) is 7.00. The minimum Gasteiger partial charge on any atom is -0.330 e. The topological polar surface area (TPSA) is 29.3 Å². The molecule has 1 fully saturated rings. The zero-order valence-corrected chi connectivity index (χ0v) is 12.5. The Balaban J connectivity index is 1.69. The maximum absolute atomic E-state index is 5.62. The molecule has 0 radical (unpaired) electrons. The van der Waals surface area contributed by atoms with Crippen LogP contribution in [-0.4, -0.2) is 31.1 Å². The van der Waals surface area contributed by atoms with E-state index in [1.807, 2.05) is 0 Å². The lowest BCUT2D eigenvalue weighted by Crippen LogP contribution is -2.49. The predicted octanol–water partition coefficient (Wildman–Crippen LogP) is 3.80. The van der Waals surface area contributed by atoms with Crippen molar-refractivity contribution in [2.24, 2.45) is 11.7 Å². The van der Waals surface area contributed by atoms with Gasteiger partial charge in [0.25, 0.3) is 0 Å². The maximum Gasteiger partial charge on any atom is 0.00341 e. The van der Waals surface area contributed by atoms with Gasteiger partial charge in [-0.25, -0.2) is 0 Å². The van der Waals surface area contributed by atoms with E-state index < -0.39 is 0 Å². The van der Waals surface area contributed by atoms with Gasteiger partial charge in [0.15, 0.2) is 0 Å². The van der Waals surface area contributed by atoms with Crippen molar-refractivity contribution in [1.82, 2.24) is 4.90 Å². The second-order valence-electron chi connectivity index (χ2n) is 6.04. The second-order valence-corrected chi connectivity index (χ2v) is 6.04. The van der Waals surface area contributed by atoms with Crippen molar-refractivity contribution in [2.75, 3.05) is 26.2 Å². The van der Waals surface area contributed by atoms with Gasteiger partial charge >= 0.3 is 0 Å². The largest absolute Gasteiger partial charge is 0.330 e. The molecular formula is C16H34N2. The average molecular weight is 254 g/mol. The van der Waals surface area contributed by atoms with E-state index in [0.717, 1.165) is 12.5 Å². The fourth-order valence-electron chi connectivity index (χ4n) is 2.83. The first kappa shape index (κ1) is 16.0. The zero-order valence-electron chi connectivity index (χ0n) is 12.5. The van der Waals surface area contributed by atoms with Gasteiger partial charge in [0.2, 0.25) is 0 Å². The molecule has 0 amide bonds. The minimum absolute atomic E-state index is 0.799. The Morgan fingerprint density at radius 2 is 1.33 bits per heavy atom. The highest BCUT2D eigenvalue weighted by Crippen LogP contribution is 2.15. The predicted molar refractivity (Wildman–Crippen MR) is 80.8 cm³/mol. The molecule has 0 unspecified atom stereocenters. The molecule has 108 valence electrons. The number of nitrogens with zero attached hydrogens (tertiary/aromatic N) is 1. The van der Waals surface area contributed by atoms with Gasteiger partial charge in [-0.1, -0.05) is 64.7 Å². The quantitative estimate of drug-likeness (QED) is 0.537. The molecule has 0 aromatic rings. The van der Waals surface area contributed by atoms with Crippen molar-refractivity contribution in [3.63, 3.8) is 0 Å².